The molecule has 0 aliphatic carbocycles. The second-order valence-corrected chi connectivity index (χ2v) is 8.29. The van der Waals surface area contributed by atoms with Crippen molar-refractivity contribution in [2.45, 2.75) is 36.9 Å². The minimum atomic E-state index is -0.482. The standard InChI is InChI=1S/C19H25N3OS2.ClH/c1-13(20)19(23)21-11-17(14-3-5-16(24-2)6-4-14)22-9-7-18-15(12-22)8-10-25-18;/h3-6,8,10,13,17H,7,9,11-12,20H2,1-2H3,(H,21,23);1H. The Morgan fingerprint density at radius 3 is 2.73 bits per heavy atom. The Hall–Kier alpha value is -1.05. The molecule has 0 spiro atoms. The van der Waals surface area contributed by atoms with Gasteiger partial charge in [-0.15, -0.1) is 35.5 Å². The average Bonchev–Trinajstić information content (AvgIpc) is 3.10. The fraction of sp³-hybridized carbons (Fsp3) is 0.421. The van der Waals surface area contributed by atoms with Gasteiger partial charge in [0.15, 0.2) is 0 Å². The van der Waals surface area contributed by atoms with Crippen molar-refractivity contribution < 1.29 is 4.79 Å². The van der Waals surface area contributed by atoms with Crippen LogP contribution in [0.5, 0.6) is 0 Å². The van der Waals surface area contributed by atoms with Gasteiger partial charge in [0.25, 0.3) is 0 Å². The first-order valence-electron chi connectivity index (χ1n) is 8.55. The molecule has 2 unspecified atom stereocenters. The van der Waals surface area contributed by atoms with Crippen LogP contribution in [-0.4, -0.2) is 36.2 Å². The number of rotatable bonds is 6. The summed E-state index contributed by atoms with van der Waals surface area (Å²) in [6.45, 7) is 4.24. The molecule has 142 valence electrons. The quantitative estimate of drug-likeness (QED) is 0.714. The summed E-state index contributed by atoms with van der Waals surface area (Å²) in [7, 11) is 0. The van der Waals surface area contributed by atoms with Crippen LogP contribution in [0.1, 0.15) is 29.0 Å². The number of halogens is 1. The minimum Gasteiger partial charge on any atom is -0.353 e. The second-order valence-electron chi connectivity index (χ2n) is 6.41. The summed E-state index contributed by atoms with van der Waals surface area (Å²) in [5, 5.41) is 5.19. The lowest BCUT2D eigenvalue weighted by molar-refractivity contribution is -0.122. The molecule has 1 aliphatic heterocycles. The maximum Gasteiger partial charge on any atom is 0.236 e. The summed E-state index contributed by atoms with van der Waals surface area (Å²) in [5.74, 6) is -0.0982. The maximum atomic E-state index is 12.0. The Kier molecular flexibility index (Phi) is 7.98. The van der Waals surface area contributed by atoms with Crippen LogP contribution in [0.25, 0.3) is 0 Å². The Bertz CT molecular complexity index is 718. The van der Waals surface area contributed by atoms with Crippen LogP contribution in [-0.2, 0) is 17.8 Å². The number of hydrogen-bond donors (Lipinski definition) is 2. The molecule has 4 nitrogen and oxygen atoms in total. The lowest BCUT2D eigenvalue weighted by atomic mass is 10.0. The van der Waals surface area contributed by atoms with Gasteiger partial charge in [0.2, 0.25) is 5.91 Å². The predicted molar refractivity (Wildman–Crippen MR) is 113 cm³/mol. The number of amides is 1. The zero-order valence-corrected chi connectivity index (χ0v) is 17.6. The number of carbonyl (C=O) groups excluding carboxylic acids is 1. The highest BCUT2D eigenvalue weighted by molar-refractivity contribution is 7.98. The van der Waals surface area contributed by atoms with Crippen molar-refractivity contribution in [3.8, 4) is 0 Å². The molecule has 2 atom stereocenters. The predicted octanol–water partition coefficient (Wildman–Crippen LogP) is 3.45. The van der Waals surface area contributed by atoms with Crippen LogP contribution in [0.15, 0.2) is 40.6 Å². The summed E-state index contributed by atoms with van der Waals surface area (Å²) in [6.07, 6.45) is 3.16. The van der Waals surface area contributed by atoms with E-state index in [2.05, 4.69) is 52.2 Å². The Morgan fingerprint density at radius 2 is 2.08 bits per heavy atom. The lowest BCUT2D eigenvalue weighted by Gasteiger charge is -2.35. The molecule has 1 aromatic heterocycles. The summed E-state index contributed by atoms with van der Waals surface area (Å²) in [4.78, 5) is 17.2. The van der Waals surface area contributed by atoms with Gasteiger partial charge in [0.1, 0.15) is 0 Å². The average molecular weight is 412 g/mol. The highest BCUT2D eigenvalue weighted by Crippen LogP contribution is 2.31. The van der Waals surface area contributed by atoms with Gasteiger partial charge in [0, 0.05) is 29.4 Å². The van der Waals surface area contributed by atoms with Crippen molar-refractivity contribution in [1.29, 1.82) is 0 Å². The van der Waals surface area contributed by atoms with E-state index in [0.717, 1.165) is 19.5 Å². The highest BCUT2D eigenvalue weighted by Gasteiger charge is 2.26. The molecule has 0 bridgehead atoms. The van der Waals surface area contributed by atoms with Crippen molar-refractivity contribution in [2.24, 2.45) is 5.73 Å². The largest absolute Gasteiger partial charge is 0.353 e. The van der Waals surface area contributed by atoms with E-state index in [1.54, 1.807) is 18.7 Å². The monoisotopic (exact) mass is 411 g/mol. The summed E-state index contributed by atoms with van der Waals surface area (Å²) in [6, 6.07) is 10.6. The van der Waals surface area contributed by atoms with Crippen LogP contribution >= 0.6 is 35.5 Å². The number of fused-ring (bicyclic) bond motifs is 1. The number of benzene rings is 1. The number of thioether (sulfide) groups is 1. The van der Waals surface area contributed by atoms with E-state index in [0.29, 0.717) is 6.54 Å². The second kappa shape index (κ2) is 9.76. The third-order valence-corrected chi connectivity index (χ3v) is 6.43. The Balaban J connectivity index is 0.00000243. The highest BCUT2D eigenvalue weighted by atomic mass is 35.5. The van der Waals surface area contributed by atoms with Crippen LogP contribution in [0.3, 0.4) is 0 Å². The van der Waals surface area contributed by atoms with Crippen molar-refractivity contribution in [3.05, 3.63) is 51.7 Å². The van der Waals surface area contributed by atoms with Gasteiger partial charge in [-0.3, -0.25) is 9.69 Å². The summed E-state index contributed by atoms with van der Waals surface area (Å²) >= 11 is 3.59. The minimum absolute atomic E-state index is 0. The van der Waals surface area contributed by atoms with Gasteiger partial charge in [-0.25, -0.2) is 0 Å². The van der Waals surface area contributed by atoms with E-state index in [9.17, 15) is 4.79 Å². The van der Waals surface area contributed by atoms with E-state index in [-0.39, 0.29) is 24.4 Å². The first-order chi connectivity index (χ1) is 12.1. The molecule has 0 fully saturated rings. The smallest absolute Gasteiger partial charge is 0.236 e. The molecule has 1 aromatic carbocycles. The van der Waals surface area contributed by atoms with Gasteiger partial charge < -0.3 is 11.1 Å². The Labute approximate surface area is 169 Å². The number of nitrogens with zero attached hydrogens (tertiary/aromatic N) is 1. The first-order valence-corrected chi connectivity index (χ1v) is 10.7. The zero-order valence-electron chi connectivity index (χ0n) is 15.1. The van der Waals surface area contributed by atoms with Gasteiger partial charge >= 0.3 is 0 Å². The van der Waals surface area contributed by atoms with Crippen LogP contribution < -0.4 is 11.1 Å². The van der Waals surface area contributed by atoms with Crippen LogP contribution in [0.4, 0.5) is 0 Å². The van der Waals surface area contributed by atoms with Crippen molar-refractivity contribution >= 4 is 41.4 Å². The molecule has 2 heterocycles. The maximum absolute atomic E-state index is 12.0. The molecule has 26 heavy (non-hydrogen) atoms. The summed E-state index contributed by atoms with van der Waals surface area (Å²) < 4.78 is 0. The third kappa shape index (κ3) is 5.02. The molecule has 0 saturated heterocycles. The van der Waals surface area contributed by atoms with E-state index in [1.807, 2.05) is 11.3 Å². The molecule has 1 aliphatic rings. The topological polar surface area (TPSA) is 58.4 Å². The first kappa shape index (κ1) is 21.3. The number of nitrogens with two attached hydrogens (primary N) is 1. The van der Waals surface area contributed by atoms with E-state index in [4.69, 9.17) is 5.73 Å². The van der Waals surface area contributed by atoms with E-state index >= 15 is 0 Å². The molecular formula is C19H26ClN3OS2. The van der Waals surface area contributed by atoms with Crippen molar-refractivity contribution in [3.63, 3.8) is 0 Å². The van der Waals surface area contributed by atoms with E-state index in [1.165, 1.54) is 20.9 Å². The molecule has 7 heteroatoms. The number of carbonyl (C=O) groups is 1. The molecule has 2 aromatic rings. The zero-order chi connectivity index (χ0) is 17.8. The van der Waals surface area contributed by atoms with Crippen LogP contribution in [0, 0.1) is 0 Å². The SMILES string of the molecule is CSc1ccc(C(CNC(=O)C(C)N)N2CCc3sccc3C2)cc1.Cl. The van der Waals surface area contributed by atoms with E-state index < -0.39 is 6.04 Å². The molecule has 1 amide bonds. The molecule has 0 radical (unpaired) electrons. The van der Waals surface area contributed by atoms with Crippen molar-refractivity contribution in [1.82, 2.24) is 10.2 Å². The van der Waals surface area contributed by atoms with Gasteiger partial charge in [-0.1, -0.05) is 12.1 Å². The fourth-order valence-corrected chi connectivity index (χ4v) is 4.48. The third-order valence-electron chi connectivity index (χ3n) is 4.66. The van der Waals surface area contributed by atoms with Crippen LogP contribution in [0.2, 0.25) is 0 Å². The van der Waals surface area contributed by atoms with Gasteiger partial charge in [-0.2, -0.15) is 0 Å². The summed E-state index contributed by atoms with van der Waals surface area (Å²) in [5.41, 5.74) is 8.35. The van der Waals surface area contributed by atoms with Gasteiger partial charge in [0.05, 0.1) is 12.1 Å². The lowest BCUT2D eigenvalue weighted by Crippen LogP contribution is -2.44. The number of hydrogen-bond acceptors (Lipinski definition) is 5. The fourth-order valence-electron chi connectivity index (χ4n) is 3.18. The Morgan fingerprint density at radius 1 is 1.35 bits per heavy atom. The molecule has 0 saturated carbocycles. The molecule has 3 rings (SSSR count). The number of thiophene rings is 1. The molecular weight excluding hydrogens is 386 g/mol. The van der Waals surface area contributed by atoms with Crippen molar-refractivity contribution in [2.75, 3.05) is 19.3 Å². The normalized spacial score (nSPS) is 16.3. The number of nitrogens with one attached hydrogen (secondary N) is 1. The molecule has 3 N–H and O–H groups in total. The van der Waals surface area contributed by atoms with Gasteiger partial charge in [-0.05, 0) is 54.3 Å².